The zero-order valence-electron chi connectivity index (χ0n) is 8.81. The zero-order valence-corrected chi connectivity index (χ0v) is 8.81. The molecule has 0 unspecified atom stereocenters. The highest BCUT2D eigenvalue weighted by Gasteiger charge is 2.04. The molecule has 0 fully saturated rings. The number of benzene rings is 1. The van der Waals surface area contributed by atoms with Gasteiger partial charge in [0.1, 0.15) is 0 Å². The number of nitrogen functional groups attached to an aromatic ring is 1. The fourth-order valence-corrected chi connectivity index (χ4v) is 1.54. The van der Waals surface area contributed by atoms with Crippen molar-refractivity contribution >= 4 is 5.95 Å². The van der Waals surface area contributed by atoms with Crippen LogP contribution in [0.4, 0.5) is 5.95 Å². The molecule has 16 heavy (non-hydrogen) atoms. The smallest absolute Gasteiger partial charge is 0.220 e. The summed E-state index contributed by atoms with van der Waals surface area (Å²) in [4.78, 5) is 7.99. The van der Waals surface area contributed by atoms with Crippen LogP contribution in [0.15, 0.2) is 30.5 Å². The summed E-state index contributed by atoms with van der Waals surface area (Å²) in [5, 5.41) is 8.77. The van der Waals surface area contributed by atoms with Gasteiger partial charge in [-0.05, 0) is 30.7 Å². The van der Waals surface area contributed by atoms with Gasteiger partial charge in [-0.1, -0.05) is 6.07 Å². The standard InChI is InChI=1S/C12H10N4/c1-8-6-9(7-13)2-3-10(8)11-4-5-15-12(14)16-11/h2-6H,1H3,(H2,14,15,16). The van der Waals surface area contributed by atoms with Crippen LogP contribution in [-0.2, 0) is 0 Å². The Morgan fingerprint density at radius 3 is 2.75 bits per heavy atom. The van der Waals surface area contributed by atoms with E-state index in [1.807, 2.05) is 19.1 Å². The number of anilines is 1. The molecule has 0 aliphatic carbocycles. The van der Waals surface area contributed by atoms with Crippen molar-refractivity contribution in [2.45, 2.75) is 6.92 Å². The van der Waals surface area contributed by atoms with E-state index in [9.17, 15) is 0 Å². The largest absolute Gasteiger partial charge is 0.368 e. The molecule has 0 saturated heterocycles. The van der Waals surface area contributed by atoms with E-state index in [-0.39, 0.29) is 5.95 Å². The first-order valence-corrected chi connectivity index (χ1v) is 4.80. The van der Waals surface area contributed by atoms with Gasteiger partial charge >= 0.3 is 0 Å². The van der Waals surface area contributed by atoms with Crippen molar-refractivity contribution in [1.82, 2.24) is 9.97 Å². The second-order valence-electron chi connectivity index (χ2n) is 3.44. The van der Waals surface area contributed by atoms with Crippen molar-refractivity contribution in [3.8, 4) is 17.3 Å². The van der Waals surface area contributed by atoms with Gasteiger partial charge < -0.3 is 5.73 Å². The Morgan fingerprint density at radius 1 is 1.31 bits per heavy atom. The molecule has 4 heteroatoms. The summed E-state index contributed by atoms with van der Waals surface area (Å²) in [6, 6.07) is 9.36. The molecule has 0 aliphatic heterocycles. The van der Waals surface area contributed by atoms with Gasteiger partial charge in [0.05, 0.1) is 17.3 Å². The number of aryl methyl sites for hydroxylation is 1. The van der Waals surface area contributed by atoms with Crippen molar-refractivity contribution in [3.05, 3.63) is 41.6 Å². The van der Waals surface area contributed by atoms with E-state index >= 15 is 0 Å². The highest BCUT2D eigenvalue weighted by Crippen LogP contribution is 2.22. The molecule has 0 aliphatic rings. The molecule has 1 aromatic carbocycles. The molecule has 78 valence electrons. The lowest BCUT2D eigenvalue weighted by Gasteiger charge is -2.05. The number of rotatable bonds is 1. The summed E-state index contributed by atoms with van der Waals surface area (Å²) in [6.45, 7) is 1.94. The van der Waals surface area contributed by atoms with Crippen LogP contribution in [0.1, 0.15) is 11.1 Å². The first kappa shape index (κ1) is 10.1. The molecular formula is C12H10N4. The Kier molecular flexibility index (Phi) is 2.52. The fraction of sp³-hybridized carbons (Fsp3) is 0.0833. The van der Waals surface area contributed by atoms with Gasteiger partial charge in [-0.2, -0.15) is 5.26 Å². The average molecular weight is 210 g/mol. The molecule has 2 N–H and O–H groups in total. The second kappa shape index (κ2) is 3.99. The number of nitriles is 1. The van der Waals surface area contributed by atoms with E-state index in [1.165, 1.54) is 0 Å². The molecular weight excluding hydrogens is 200 g/mol. The van der Waals surface area contributed by atoms with E-state index < -0.39 is 0 Å². The lowest BCUT2D eigenvalue weighted by atomic mass is 10.0. The molecule has 0 spiro atoms. The van der Waals surface area contributed by atoms with Crippen molar-refractivity contribution in [3.63, 3.8) is 0 Å². The van der Waals surface area contributed by atoms with Crippen LogP contribution >= 0.6 is 0 Å². The van der Waals surface area contributed by atoms with Crippen LogP contribution in [0, 0.1) is 18.3 Å². The summed E-state index contributed by atoms with van der Waals surface area (Å²) < 4.78 is 0. The topological polar surface area (TPSA) is 75.6 Å². The first-order chi connectivity index (χ1) is 7.70. The highest BCUT2D eigenvalue weighted by atomic mass is 15.0. The van der Waals surface area contributed by atoms with Crippen molar-refractivity contribution in [2.75, 3.05) is 5.73 Å². The average Bonchev–Trinajstić information content (AvgIpc) is 2.28. The number of nitrogens with two attached hydrogens (primary N) is 1. The van der Waals surface area contributed by atoms with Gasteiger partial charge in [0.25, 0.3) is 0 Å². The van der Waals surface area contributed by atoms with Gasteiger partial charge in [0.2, 0.25) is 5.95 Å². The molecule has 0 atom stereocenters. The number of nitrogens with zero attached hydrogens (tertiary/aromatic N) is 3. The maximum Gasteiger partial charge on any atom is 0.220 e. The van der Waals surface area contributed by atoms with Crippen LogP contribution < -0.4 is 5.73 Å². The van der Waals surface area contributed by atoms with Crippen molar-refractivity contribution in [2.24, 2.45) is 0 Å². The van der Waals surface area contributed by atoms with Gasteiger partial charge in [0, 0.05) is 11.8 Å². The van der Waals surface area contributed by atoms with Crippen molar-refractivity contribution < 1.29 is 0 Å². The molecule has 2 aromatic rings. The summed E-state index contributed by atoms with van der Waals surface area (Å²) in [6.07, 6.45) is 1.62. The van der Waals surface area contributed by atoms with E-state index in [2.05, 4.69) is 16.0 Å². The normalized spacial score (nSPS) is 9.75. The van der Waals surface area contributed by atoms with Crippen LogP contribution in [0.2, 0.25) is 0 Å². The van der Waals surface area contributed by atoms with Gasteiger partial charge in [-0.3, -0.25) is 0 Å². The SMILES string of the molecule is Cc1cc(C#N)ccc1-c1ccnc(N)n1. The Morgan fingerprint density at radius 2 is 2.12 bits per heavy atom. The van der Waals surface area contributed by atoms with Crippen LogP contribution in [0.25, 0.3) is 11.3 Å². The molecule has 0 saturated carbocycles. The highest BCUT2D eigenvalue weighted by molar-refractivity contribution is 5.65. The summed E-state index contributed by atoms with van der Waals surface area (Å²) in [7, 11) is 0. The third-order valence-corrected chi connectivity index (χ3v) is 2.31. The van der Waals surface area contributed by atoms with E-state index in [1.54, 1.807) is 18.3 Å². The number of hydrogen-bond acceptors (Lipinski definition) is 4. The van der Waals surface area contributed by atoms with Crippen LogP contribution in [0.5, 0.6) is 0 Å². The predicted molar refractivity (Wildman–Crippen MR) is 61.3 cm³/mol. The van der Waals surface area contributed by atoms with Crippen molar-refractivity contribution in [1.29, 1.82) is 5.26 Å². The van der Waals surface area contributed by atoms with Crippen LogP contribution in [0.3, 0.4) is 0 Å². The van der Waals surface area contributed by atoms with Gasteiger partial charge in [0.15, 0.2) is 0 Å². The minimum atomic E-state index is 0.251. The number of aromatic nitrogens is 2. The maximum atomic E-state index is 8.77. The van der Waals surface area contributed by atoms with E-state index in [0.29, 0.717) is 5.56 Å². The van der Waals surface area contributed by atoms with Crippen LogP contribution in [-0.4, -0.2) is 9.97 Å². The monoisotopic (exact) mass is 210 g/mol. The number of hydrogen-bond donors (Lipinski definition) is 1. The quantitative estimate of drug-likeness (QED) is 0.780. The molecule has 4 nitrogen and oxygen atoms in total. The minimum Gasteiger partial charge on any atom is -0.368 e. The third kappa shape index (κ3) is 1.84. The maximum absolute atomic E-state index is 8.77. The van der Waals surface area contributed by atoms with E-state index in [0.717, 1.165) is 16.8 Å². The Bertz CT molecular complexity index is 569. The Hall–Kier alpha value is -2.41. The minimum absolute atomic E-state index is 0.251. The summed E-state index contributed by atoms with van der Waals surface area (Å²) in [5.74, 6) is 0.251. The molecule has 1 heterocycles. The molecule has 1 aromatic heterocycles. The molecule has 2 rings (SSSR count). The van der Waals surface area contributed by atoms with Gasteiger partial charge in [-0.25, -0.2) is 9.97 Å². The fourth-order valence-electron chi connectivity index (χ4n) is 1.54. The summed E-state index contributed by atoms with van der Waals surface area (Å²) in [5.41, 5.74) is 8.91. The molecule has 0 radical (unpaired) electrons. The first-order valence-electron chi connectivity index (χ1n) is 4.80. The predicted octanol–water partition coefficient (Wildman–Crippen LogP) is 1.91. The second-order valence-corrected chi connectivity index (χ2v) is 3.44. The third-order valence-electron chi connectivity index (χ3n) is 2.31. The zero-order chi connectivity index (χ0) is 11.5. The van der Waals surface area contributed by atoms with E-state index in [4.69, 9.17) is 11.0 Å². The lowest BCUT2D eigenvalue weighted by molar-refractivity contribution is 1.18. The molecule has 0 amide bonds. The Balaban J connectivity index is 2.53. The lowest BCUT2D eigenvalue weighted by Crippen LogP contribution is -1.96. The molecule has 0 bridgehead atoms. The van der Waals surface area contributed by atoms with Gasteiger partial charge in [-0.15, -0.1) is 0 Å². The Labute approximate surface area is 93.4 Å². The summed E-state index contributed by atoms with van der Waals surface area (Å²) >= 11 is 0.